The van der Waals surface area contributed by atoms with E-state index in [-0.39, 0.29) is 11.5 Å². The maximum absolute atomic E-state index is 12.2. The SMILES string of the molecule is COCCn1cc(C(=O)NCCc2cccc(Cl)c2)ccc1=O. The third-order valence-electron chi connectivity index (χ3n) is 3.37. The third-order valence-corrected chi connectivity index (χ3v) is 3.61. The Morgan fingerprint density at radius 1 is 1.30 bits per heavy atom. The van der Waals surface area contributed by atoms with E-state index in [0.29, 0.717) is 36.7 Å². The molecular weight excluding hydrogens is 316 g/mol. The molecule has 0 saturated carbocycles. The summed E-state index contributed by atoms with van der Waals surface area (Å²) >= 11 is 5.93. The van der Waals surface area contributed by atoms with Crippen LogP contribution < -0.4 is 10.9 Å². The van der Waals surface area contributed by atoms with Gasteiger partial charge in [0, 0.05) is 37.5 Å². The largest absolute Gasteiger partial charge is 0.383 e. The first kappa shape index (κ1) is 17.2. The highest BCUT2D eigenvalue weighted by Gasteiger charge is 2.07. The van der Waals surface area contributed by atoms with E-state index in [2.05, 4.69) is 5.32 Å². The van der Waals surface area contributed by atoms with Gasteiger partial charge in [0.05, 0.1) is 12.2 Å². The van der Waals surface area contributed by atoms with Crippen molar-refractivity contribution in [2.75, 3.05) is 20.3 Å². The zero-order valence-electron chi connectivity index (χ0n) is 12.9. The lowest BCUT2D eigenvalue weighted by molar-refractivity contribution is 0.0953. The van der Waals surface area contributed by atoms with Gasteiger partial charge in [-0.15, -0.1) is 0 Å². The molecule has 2 aromatic rings. The van der Waals surface area contributed by atoms with Crippen LogP contribution in [0.3, 0.4) is 0 Å². The fourth-order valence-corrected chi connectivity index (χ4v) is 2.36. The molecule has 1 N–H and O–H groups in total. The molecule has 0 aliphatic heterocycles. The van der Waals surface area contributed by atoms with Gasteiger partial charge in [-0.25, -0.2) is 0 Å². The van der Waals surface area contributed by atoms with Crippen LogP contribution in [0.25, 0.3) is 0 Å². The van der Waals surface area contributed by atoms with Crippen molar-refractivity contribution in [2.45, 2.75) is 13.0 Å². The molecule has 0 atom stereocenters. The van der Waals surface area contributed by atoms with E-state index in [1.807, 2.05) is 24.3 Å². The lowest BCUT2D eigenvalue weighted by Gasteiger charge is -2.09. The van der Waals surface area contributed by atoms with Gasteiger partial charge in [0.15, 0.2) is 0 Å². The Morgan fingerprint density at radius 3 is 2.87 bits per heavy atom. The Morgan fingerprint density at radius 2 is 2.13 bits per heavy atom. The number of hydrogen-bond donors (Lipinski definition) is 1. The molecule has 1 amide bonds. The number of ether oxygens (including phenoxy) is 1. The van der Waals surface area contributed by atoms with Crippen molar-refractivity contribution in [2.24, 2.45) is 0 Å². The monoisotopic (exact) mass is 334 g/mol. The van der Waals surface area contributed by atoms with Gasteiger partial charge < -0.3 is 14.6 Å². The second-order valence-electron chi connectivity index (χ2n) is 5.08. The summed E-state index contributed by atoms with van der Waals surface area (Å²) < 4.78 is 6.42. The number of hydrogen-bond acceptors (Lipinski definition) is 3. The predicted octanol–water partition coefficient (Wildman–Crippen LogP) is 2.12. The van der Waals surface area contributed by atoms with Crippen LogP contribution in [0.1, 0.15) is 15.9 Å². The molecule has 0 aliphatic rings. The number of nitrogens with zero attached hydrogens (tertiary/aromatic N) is 1. The molecular formula is C17H19ClN2O3. The van der Waals surface area contributed by atoms with Crippen LogP contribution in [0.5, 0.6) is 0 Å². The molecule has 0 unspecified atom stereocenters. The average molecular weight is 335 g/mol. The van der Waals surface area contributed by atoms with Gasteiger partial charge in [-0.1, -0.05) is 23.7 Å². The highest BCUT2D eigenvalue weighted by Crippen LogP contribution is 2.10. The maximum atomic E-state index is 12.2. The molecule has 122 valence electrons. The number of rotatable bonds is 7. The molecule has 23 heavy (non-hydrogen) atoms. The van der Waals surface area contributed by atoms with Crippen molar-refractivity contribution in [3.8, 4) is 0 Å². The average Bonchev–Trinajstić information content (AvgIpc) is 2.54. The van der Waals surface area contributed by atoms with E-state index < -0.39 is 0 Å². The van der Waals surface area contributed by atoms with Crippen LogP contribution in [0.4, 0.5) is 0 Å². The van der Waals surface area contributed by atoms with Crippen LogP contribution in [0.15, 0.2) is 47.4 Å². The Kier molecular flexibility index (Phi) is 6.38. The number of methoxy groups -OCH3 is 1. The number of carbonyl (C=O) groups is 1. The minimum Gasteiger partial charge on any atom is -0.383 e. The van der Waals surface area contributed by atoms with Crippen molar-refractivity contribution >= 4 is 17.5 Å². The highest BCUT2D eigenvalue weighted by molar-refractivity contribution is 6.30. The first-order valence-electron chi connectivity index (χ1n) is 7.32. The summed E-state index contributed by atoms with van der Waals surface area (Å²) in [7, 11) is 1.57. The Bertz CT molecular complexity index is 728. The van der Waals surface area contributed by atoms with Gasteiger partial charge in [0.25, 0.3) is 11.5 Å². The number of nitrogens with one attached hydrogen (secondary N) is 1. The summed E-state index contributed by atoms with van der Waals surface area (Å²) in [6.45, 7) is 1.33. The minimum atomic E-state index is -0.210. The molecule has 0 spiro atoms. The summed E-state index contributed by atoms with van der Waals surface area (Å²) in [4.78, 5) is 23.8. The highest BCUT2D eigenvalue weighted by atomic mass is 35.5. The van der Waals surface area contributed by atoms with Gasteiger partial charge in [0.2, 0.25) is 0 Å². The minimum absolute atomic E-state index is 0.155. The predicted molar refractivity (Wildman–Crippen MR) is 90.1 cm³/mol. The molecule has 0 aliphatic carbocycles. The van der Waals surface area contributed by atoms with Crippen molar-refractivity contribution in [3.63, 3.8) is 0 Å². The van der Waals surface area contributed by atoms with Crippen LogP contribution in [0, 0.1) is 0 Å². The second-order valence-corrected chi connectivity index (χ2v) is 5.51. The van der Waals surface area contributed by atoms with Crippen LogP contribution >= 0.6 is 11.6 Å². The first-order valence-corrected chi connectivity index (χ1v) is 7.70. The van der Waals surface area contributed by atoms with E-state index in [1.165, 1.54) is 16.7 Å². The van der Waals surface area contributed by atoms with Crippen molar-refractivity contribution in [1.29, 1.82) is 0 Å². The lowest BCUT2D eigenvalue weighted by Crippen LogP contribution is -2.28. The summed E-state index contributed by atoms with van der Waals surface area (Å²) in [6.07, 6.45) is 2.24. The molecule has 1 aromatic heterocycles. The molecule has 5 nitrogen and oxygen atoms in total. The fraction of sp³-hybridized carbons (Fsp3) is 0.294. The summed E-state index contributed by atoms with van der Waals surface area (Å²) in [6, 6.07) is 10.4. The van der Waals surface area contributed by atoms with E-state index in [0.717, 1.165) is 5.56 Å². The van der Waals surface area contributed by atoms with E-state index >= 15 is 0 Å². The van der Waals surface area contributed by atoms with Crippen molar-refractivity contribution < 1.29 is 9.53 Å². The summed E-state index contributed by atoms with van der Waals surface area (Å²) in [5.41, 5.74) is 1.35. The quantitative estimate of drug-likeness (QED) is 0.843. The van der Waals surface area contributed by atoms with E-state index in [1.54, 1.807) is 13.3 Å². The van der Waals surface area contributed by atoms with Gasteiger partial charge in [-0.3, -0.25) is 9.59 Å². The topological polar surface area (TPSA) is 60.3 Å². The molecule has 1 aromatic carbocycles. The fourth-order valence-electron chi connectivity index (χ4n) is 2.14. The number of halogens is 1. The van der Waals surface area contributed by atoms with Gasteiger partial charge in [0.1, 0.15) is 0 Å². The van der Waals surface area contributed by atoms with Crippen LogP contribution in [-0.2, 0) is 17.7 Å². The molecule has 2 rings (SSSR count). The summed E-state index contributed by atoms with van der Waals surface area (Å²) in [5.74, 6) is -0.210. The smallest absolute Gasteiger partial charge is 0.252 e. The molecule has 1 heterocycles. The normalized spacial score (nSPS) is 10.5. The number of amides is 1. The van der Waals surface area contributed by atoms with Crippen LogP contribution in [0.2, 0.25) is 5.02 Å². The van der Waals surface area contributed by atoms with Gasteiger partial charge >= 0.3 is 0 Å². The lowest BCUT2D eigenvalue weighted by atomic mass is 10.1. The van der Waals surface area contributed by atoms with Crippen LogP contribution in [-0.4, -0.2) is 30.7 Å². The van der Waals surface area contributed by atoms with E-state index in [9.17, 15) is 9.59 Å². The Balaban J connectivity index is 1.94. The van der Waals surface area contributed by atoms with Gasteiger partial charge in [-0.2, -0.15) is 0 Å². The first-order chi connectivity index (χ1) is 11.1. The molecule has 0 fully saturated rings. The number of carbonyl (C=O) groups excluding carboxylic acids is 1. The van der Waals surface area contributed by atoms with Crippen molar-refractivity contribution in [3.05, 3.63) is 69.1 Å². The Hall–Kier alpha value is -2.11. The summed E-state index contributed by atoms with van der Waals surface area (Å²) in [5, 5.41) is 3.52. The molecule has 0 bridgehead atoms. The van der Waals surface area contributed by atoms with E-state index in [4.69, 9.17) is 16.3 Å². The molecule has 6 heteroatoms. The molecule has 0 radical (unpaired) electrons. The number of pyridine rings is 1. The second kappa shape index (κ2) is 8.50. The zero-order valence-corrected chi connectivity index (χ0v) is 13.7. The number of aromatic nitrogens is 1. The molecule has 0 saturated heterocycles. The zero-order chi connectivity index (χ0) is 16.7. The Labute approximate surface area is 139 Å². The number of benzene rings is 1. The third kappa shape index (κ3) is 5.23. The standard InChI is InChI=1S/C17H19ClN2O3/c1-23-10-9-20-12-14(5-6-16(20)21)17(22)19-8-7-13-3-2-4-15(18)11-13/h2-6,11-12H,7-10H2,1H3,(H,19,22). The maximum Gasteiger partial charge on any atom is 0.252 e. The van der Waals surface area contributed by atoms with Gasteiger partial charge in [-0.05, 0) is 30.2 Å². The van der Waals surface area contributed by atoms with Crippen molar-refractivity contribution in [1.82, 2.24) is 9.88 Å².